The highest BCUT2D eigenvalue weighted by molar-refractivity contribution is 6.31. The second-order valence-electron chi connectivity index (χ2n) is 6.79. The SMILES string of the molecule is CC(C)(C)C(=O)NCCC(=O)NC1CC1c1ccccc1Cl. The minimum atomic E-state index is -0.428. The molecular formula is C17H23ClN2O2. The van der Waals surface area contributed by atoms with Gasteiger partial charge in [0.1, 0.15) is 0 Å². The van der Waals surface area contributed by atoms with Gasteiger partial charge in [-0.05, 0) is 18.1 Å². The quantitative estimate of drug-likeness (QED) is 0.875. The number of amides is 2. The summed E-state index contributed by atoms with van der Waals surface area (Å²) < 4.78 is 0. The third kappa shape index (κ3) is 4.47. The van der Waals surface area contributed by atoms with Crippen molar-refractivity contribution in [3.8, 4) is 0 Å². The molecule has 2 unspecified atom stereocenters. The van der Waals surface area contributed by atoms with Gasteiger partial charge in [0, 0.05) is 35.4 Å². The summed E-state index contributed by atoms with van der Waals surface area (Å²) >= 11 is 6.16. The van der Waals surface area contributed by atoms with Gasteiger partial charge < -0.3 is 10.6 Å². The van der Waals surface area contributed by atoms with E-state index in [4.69, 9.17) is 11.6 Å². The molecule has 120 valence electrons. The highest BCUT2D eigenvalue weighted by Crippen LogP contribution is 2.43. The fourth-order valence-electron chi connectivity index (χ4n) is 2.31. The standard InChI is InChI=1S/C17H23ClN2O2/c1-17(2,3)16(22)19-9-8-15(21)20-14-10-12(14)11-6-4-5-7-13(11)18/h4-7,12,14H,8-10H2,1-3H3,(H,19,22)(H,20,21). The van der Waals surface area contributed by atoms with Crippen LogP contribution in [0.2, 0.25) is 5.02 Å². The average molecular weight is 323 g/mol. The summed E-state index contributed by atoms with van der Waals surface area (Å²) in [5.74, 6) is 0.233. The fourth-order valence-corrected chi connectivity index (χ4v) is 2.58. The second-order valence-corrected chi connectivity index (χ2v) is 7.20. The molecule has 1 aromatic rings. The van der Waals surface area contributed by atoms with Gasteiger partial charge in [0.2, 0.25) is 11.8 Å². The van der Waals surface area contributed by atoms with Gasteiger partial charge in [-0.1, -0.05) is 50.6 Å². The topological polar surface area (TPSA) is 58.2 Å². The number of halogens is 1. The molecule has 0 aliphatic heterocycles. The lowest BCUT2D eigenvalue weighted by molar-refractivity contribution is -0.128. The molecule has 0 bridgehead atoms. The average Bonchev–Trinajstić information content (AvgIpc) is 3.17. The lowest BCUT2D eigenvalue weighted by Gasteiger charge is -2.17. The van der Waals surface area contributed by atoms with E-state index in [-0.39, 0.29) is 17.9 Å². The number of carbonyl (C=O) groups excluding carboxylic acids is 2. The van der Waals surface area contributed by atoms with E-state index < -0.39 is 5.41 Å². The maximum absolute atomic E-state index is 11.9. The van der Waals surface area contributed by atoms with E-state index in [9.17, 15) is 9.59 Å². The van der Waals surface area contributed by atoms with Crippen molar-refractivity contribution in [2.45, 2.75) is 45.6 Å². The van der Waals surface area contributed by atoms with E-state index in [1.807, 2.05) is 45.0 Å². The van der Waals surface area contributed by atoms with Crippen molar-refractivity contribution in [2.24, 2.45) is 5.41 Å². The highest BCUT2D eigenvalue weighted by atomic mass is 35.5. The minimum Gasteiger partial charge on any atom is -0.355 e. The van der Waals surface area contributed by atoms with E-state index >= 15 is 0 Å². The van der Waals surface area contributed by atoms with Crippen molar-refractivity contribution in [2.75, 3.05) is 6.54 Å². The van der Waals surface area contributed by atoms with Crippen LogP contribution in [0.1, 0.15) is 45.1 Å². The number of nitrogens with one attached hydrogen (secondary N) is 2. The monoisotopic (exact) mass is 322 g/mol. The largest absolute Gasteiger partial charge is 0.355 e. The van der Waals surface area contributed by atoms with Crippen LogP contribution in [-0.4, -0.2) is 24.4 Å². The van der Waals surface area contributed by atoms with Gasteiger partial charge in [-0.2, -0.15) is 0 Å². The summed E-state index contributed by atoms with van der Waals surface area (Å²) in [7, 11) is 0. The van der Waals surface area contributed by atoms with Crippen molar-refractivity contribution in [1.82, 2.24) is 10.6 Å². The number of benzene rings is 1. The first-order valence-corrected chi connectivity index (χ1v) is 7.99. The van der Waals surface area contributed by atoms with Crippen LogP contribution in [0, 0.1) is 5.41 Å². The first-order chi connectivity index (χ1) is 10.3. The number of hydrogen-bond donors (Lipinski definition) is 2. The number of carbonyl (C=O) groups is 2. The molecule has 0 saturated heterocycles. The van der Waals surface area contributed by atoms with Crippen LogP contribution in [0.4, 0.5) is 0 Å². The van der Waals surface area contributed by atoms with Crippen molar-refractivity contribution in [1.29, 1.82) is 0 Å². The Morgan fingerprint density at radius 3 is 2.59 bits per heavy atom. The minimum absolute atomic E-state index is 0.0336. The molecule has 1 aliphatic carbocycles. The number of rotatable bonds is 5. The molecule has 0 heterocycles. The smallest absolute Gasteiger partial charge is 0.225 e. The summed E-state index contributed by atoms with van der Waals surface area (Å²) in [4.78, 5) is 23.6. The van der Waals surface area contributed by atoms with Crippen molar-refractivity contribution in [3.63, 3.8) is 0 Å². The van der Waals surface area contributed by atoms with Crippen LogP contribution in [0.15, 0.2) is 24.3 Å². The van der Waals surface area contributed by atoms with Crippen LogP contribution in [0.25, 0.3) is 0 Å². The molecule has 22 heavy (non-hydrogen) atoms. The molecule has 1 aliphatic rings. The highest BCUT2D eigenvalue weighted by Gasteiger charge is 2.40. The van der Waals surface area contributed by atoms with Gasteiger partial charge >= 0.3 is 0 Å². The van der Waals surface area contributed by atoms with E-state index in [1.165, 1.54) is 0 Å². The third-order valence-corrected chi connectivity index (χ3v) is 4.10. The lowest BCUT2D eigenvalue weighted by Crippen LogP contribution is -2.37. The summed E-state index contributed by atoms with van der Waals surface area (Å²) in [5.41, 5.74) is 0.665. The van der Waals surface area contributed by atoms with Gasteiger partial charge in [-0.3, -0.25) is 9.59 Å². The van der Waals surface area contributed by atoms with Gasteiger partial charge in [0.25, 0.3) is 0 Å². The van der Waals surface area contributed by atoms with Crippen molar-refractivity contribution >= 4 is 23.4 Å². The summed E-state index contributed by atoms with van der Waals surface area (Å²) in [6, 6.07) is 7.89. The molecule has 2 atom stereocenters. The molecule has 0 spiro atoms. The Labute approximate surface area is 136 Å². The van der Waals surface area contributed by atoms with Crippen LogP contribution in [0.5, 0.6) is 0 Å². The maximum Gasteiger partial charge on any atom is 0.225 e. The molecule has 4 nitrogen and oxygen atoms in total. The lowest BCUT2D eigenvalue weighted by atomic mass is 9.96. The van der Waals surface area contributed by atoms with Crippen molar-refractivity contribution in [3.05, 3.63) is 34.9 Å². The molecule has 2 amide bonds. The molecule has 1 aromatic carbocycles. The predicted molar refractivity (Wildman–Crippen MR) is 87.8 cm³/mol. The summed E-state index contributed by atoms with van der Waals surface area (Å²) in [5, 5.41) is 6.52. The van der Waals surface area contributed by atoms with E-state index in [0.717, 1.165) is 17.0 Å². The first kappa shape index (κ1) is 16.8. The Morgan fingerprint density at radius 2 is 1.95 bits per heavy atom. The Morgan fingerprint density at radius 1 is 1.27 bits per heavy atom. The van der Waals surface area contributed by atoms with Gasteiger partial charge in [-0.15, -0.1) is 0 Å². The summed E-state index contributed by atoms with van der Waals surface area (Å²) in [6.07, 6.45) is 1.22. The third-order valence-electron chi connectivity index (χ3n) is 3.76. The molecule has 0 aromatic heterocycles. The summed E-state index contributed by atoms with van der Waals surface area (Å²) in [6.45, 7) is 5.91. The Balaban J connectivity index is 1.72. The Hall–Kier alpha value is -1.55. The molecule has 2 rings (SSSR count). The maximum atomic E-state index is 11.9. The zero-order valence-corrected chi connectivity index (χ0v) is 14.0. The zero-order chi connectivity index (χ0) is 16.3. The van der Waals surface area contributed by atoms with Crippen molar-refractivity contribution < 1.29 is 9.59 Å². The van der Waals surface area contributed by atoms with E-state index in [2.05, 4.69) is 10.6 Å². The zero-order valence-electron chi connectivity index (χ0n) is 13.3. The first-order valence-electron chi connectivity index (χ1n) is 7.61. The second kappa shape index (κ2) is 6.69. The number of hydrogen-bond acceptors (Lipinski definition) is 2. The normalized spacial score (nSPS) is 20.4. The fraction of sp³-hybridized carbons (Fsp3) is 0.529. The molecular weight excluding hydrogens is 300 g/mol. The molecule has 1 fully saturated rings. The van der Waals surface area contributed by atoms with Crippen LogP contribution in [-0.2, 0) is 9.59 Å². The van der Waals surface area contributed by atoms with Crippen LogP contribution < -0.4 is 10.6 Å². The predicted octanol–water partition coefficient (Wildman–Crippen LogP) is 2.86. The van der Waals surface area contributed by atoms with Gasteiger partial charge in [-0.25, -0.2) is 0 Å². The van der Waals surface area contributed by atoms with Crippen LogP contribution >= 0.6 is 11.6 Å². The Bertz CT molecular complexity index is 566. The molecule has 0 radical (unpaired) electrons. The van der Waals surface area contributed by atoms with Gasteiger partial charge in [0.15, 0.2) is 0 Å². The Kier molecular flexibility index (Phi) is 5.12. The molecule has 2 N–H and O–H groups in total. The van der Waals surface area contributed by atoms with Crippen LogP contribution in [0.3, 0.4) is 0 Å². The molecule has 1 saturated carbocycles. The molecule has 5 heteroatoms. The van der Waals surface area contributed by atoms with E-state index in [1.54, 1.807) is 0 Å². The van der Waals surface area contributed by atoms with Gasteiger partial charge in [0.05, 0.1) is 0 Å². The van der Waals surface area contributed by atoms with E-state index in [0.29, 0.717) is 18.9 Å².